The number of aryl methyl sites for hydroxylation is 9. The second-order valence-electron chi connectivity index (χ2n) is 35.1. The second kappa shape index (κ2) is 33.7. The van der Waals surface area contributed by atoms with E-state index in [1.54, 1.807) is 20.7 Å². The number of rotatable bonds is 18. The fraction of sp³-hybridized carbons (Fsp3) is 0.506. The summed E-state index contributed by atoms with van der Waals surface area (Å²) >= 11 is 0. The van der Waals surface area contributed by atoms with Gasteiger partial charge in [-0.1, -0.05) is 230 Å². The monoisotopic (exact) mass is 1370 g/mol. The molecule has 4 aromatic carbocycles. The predicted octanol–water partition coefficient (Wildman–Crippen LogP) is 21.2. The van der Waals surface area contributed by atoms with E-state index in [0.717, 1.165) is 6.42 Å². The molecule has 0 aliphatic heterocycles. The van der Waals surface area contributed by atoms with Crippen molar-refractivity contribution >= 4 is 53.0 Å². The van der Waals surface area contributed by atoms with Crippen molar-refractivity contribution in [2.75, 3.05) is 0 Å². The normalized spacial score (nSPS) is 12.2. The van der Waals surface area contributed by atoms with E-state index in [2.05, 4.69) is 378 Å². The van der Waals surface area contributed by atoms with Crippen LogP contribution in [0.15, 0.2) is 122 Å². The molecule has 0 aliphatic carbocycles. The smallest absolute Gasteiger partial charge is 0.201 e. The molecule has 4 nitrogen and oxygen atoms in total. The lowest BCUT2D eigenvalue weighted by Gasteiger charge is -2.22. The van der Waals surface area contributed by atoms with Crippen molar-refractivity contribution in [1.29, 1.82) is 0 Å². The average molecular weight is 1380 g/mol. The Morgan fingerprint density at radius 2 is 0.619 bits per heavy atom. The van der Waals surface area contributed by atoms with E-state index in [-0.39, 0.29) is 0 Å². The molecule has 0 unspecified atom stereocenters. The van der Waals surface area contributed by atoms with Crippen LogP contribution in [0.5, 0.6) is 0 Å². The summed E-state index contributed by atoms with van der Waals surface area (Å²) in [6.07, 6.45) is 13.2. The van der Waals surface area contributed by atoms with Crippen molar-refractivity contribution in [3.63, 3.8) is 0 Å². The first-order valence-corrected chi connectivity index (χ1v) is 51.3. The lowest BCUT2D eigenvalue weighted by Crippen LogP contribution is -2.47. The Morgan fingerprint density at radius 3 is 0.907 bits per heavy atom. The van der Waals surface area contributed by atoms with Gasteiger partial charge in [-0.3, -0.25) is 0 Å². The fourth-order valence-electron chi connectivity index (χ4n) is 14.1. The second-order valence-corrected chi connectivity index (χ2v) is 55.2. The molecule has 526 valence electrons. The highest BCUT2D eigenvalue weighted by Crippen LogP contribution is 2.33. The first-order chi connectivity index (χ1) is 44.7. The van der Waals surface area contributed by atoms with Gasteiger partial charge in [0.15, 0.2) is 24.8 Å². The minimum absolute atomic E-state index is 0.555. The van der Waals surface area contributed by atoms with Gasteiger partial charge in [-0.25, -0.2) is 18.3 Å². The Balaban J connectivity index is 0.000000234. The van der Waals surface area contributed by atoms with Crippen LogP contribution in [0.3, 0.4) is 0 Å². The van der Waals surface area contributed by atoms with Gasteiger partial charge in [0, 0.05) is 67.3 Å². The molecular weight excluding hydrogens is 1240 g/mol. The molecule has 0 radical (unpaired) electrons. The number of aromatic nitrogens is 4. The molecule has 8 rings (SSSR count). The van der Waals surface area contributed by atoms with E-state index >= 15 is 0 Å². The molecule has 4 heterocycles. The number of pyridine rings is 4. The van der Waals surface area contributed by atoms with Crippen molar-refractivity contribution in [2.24, 2.45) is 34.1 Å². The van der Waals surface area contributed by atoms with E-state index in [4.69, 9.17) is 0 Å². The number of nitrogens with zero attached hydrogens (tertiary/aromatic N) is 4. The van der Waals surface area contributed by atoms with Gasteiger partial charge >= 0.3 is 0 Å². The van der Waals surface area contributed by atoms with E-state index < -0.39 is 32.3 Å². The topological polar surface area (TPSA) is 15.5 Å². The van der Waals surface area contributed by atoms with Gasteiger partial charge in [-0.05, 0) is 181 Å². The van der Waals surface area contributed by atoms with E-state index in [0.29, 0.717) is 41.4 Å². The summed E-state index contributed by atoms with van der Waals surface area (Å²) in [6, 6.07) is 37.6. The van der Waals surface area contributed by atoms with Gasteiger partial charge in [0.25, 0.3) is 0 Å². The summed E-state index contributed by atoms with van der Waals surface area (Å²) in [6.45, 7) is 72.7. The Kier molecular flexibility index (Phi) is 28.5. The molecule has 8 aromatic rings. The molecule has 0 saturated carbocycles. The maximum atomic E-state index is 2.47. The first-order valence-electron chi connectivity index (χ1n) is 37.3. The van der Waals surface area contributed by atoms with Crippen molar-refractivity contribution in [1.82, 2.24) is 0 Å². The zero-order chi connectivity index (χ0) is 73.5. The van der Waals surface area contributed by atoms with Gasteiger partial charge in [0.2, 0.25) is 22.8 Å². The largest absolute Gasteiger partial charge is 0.212 e. The van der Waals surface area contributed by atoms with E-state index in [1.165, 1.54) is 125 Å². The average Bonchev–Trinajstić information content (AvgIpc) is 0.798. The molecular formula is C89H138N4Si4+4. The van der Waals surface area contributed by atoms with Gasteiger partial charge < -0.3 is 0 Å². The van der Waals surface area contributed by atoms with Crippen LogP contribution in [0.4, 0.5) is 0 Å². The van der Waals surface area contributed by atoms with Crippen LogP contribution >= 0.6 is 0 Å². The molecule has 8 heteroatoms. The maximum absolute atomic E-state index is 2.47. The highest BCUT2D eigenvalue weighted by molar-refractivity contribution is 6.90. The SMILES string of the molecule is CCC(CC)c1ccc(C)c(-c2cc(C(C)C)c([Si](C)(C)C)c[n+]2C)c1.Cc1cc(C(C)C)ccc1-c1cc(C(C)C)c([Si](C)(C)C)c[n+]1C.Cc1cc(CC(C)C)ccc1-c1cc(C(C)C)c([Si](C)(C)C)c[n+]1C.Cc1ccc(-c2cc(C(C)C)c([Si](C)(C)C)c[n+]2C)c(C)c1. The lowest BCUT2D eigenvalue weighted by molar-refractivity contribution is -0.659. The fourth-order valence-corrected chi connectivity index (χ4v) is 21.4. The summed E-state index contributed by atoms with van der Waals surface area (Å²) in [5.41, 5.74) is 28.0. The van der Waals surface area contributed by atoms with Crippen molar-refractivity contribution in [2.45, 2.75) is 265 Å². The first kappa shape index (κ1) is 82.0. The number of benzene rings is 4. The van der Waals surface area contributed by atoms with Gasteiger partial charge in [0.1, 0.15) is 28.2 Å². The quantitative estimate of drug-likeness (QED) is 0.0601. The van der Waals surface area contributed by atoms with Crippen LogP contribution in [-0.4, -0.2) is 32.3 Å². The molecule has 0 N–H and O–H groups in total. The summed E-state index contributed by atoms with van der Waals surface area (Å²) < 4.78 is 9.34. The highest BCUT2D eigenvalue weighted by Gasteiger charge is 2.32. The van der Waals surface area contributed by atoms with E-state index in [9.17, 15) is 0 Å². The standard InChI is InChI=1S/C24H38NSi.C23H36NSi.C22H34NSi.C20H30NSi/c1-10-19(11-2)20-13-12-18(5)22(14-20)23-15-21(17(3)4)24(16-25(23)6)26(7,8)9;1-16(2)12-19-10-11-20(18(5)13-19)22-14-21(17(3)4)23(15-24(22)6)25(7,8)9;1-15(2)18-10-11-19(17(5)12-18)21-13-20(16(3)4)22(14-23(21)6)24(7,8)9;1-14(2)18-12-19(17-10-9-15(3)11-16(17)4)21(5)13-20(18)22(6,7)8/h12-17,19H,10-11H2,1-9H3;10-11,13-17H,12H2,1-9H3;10-16H,1-9H3;9-14H,1-8H3/q4*+1. The third-order valence-electron chi connectivity index (χ3n) is 20.0. The predicted molar refractivity (Wildman–Crippen MR) is 440 cm³/mol. The third kappa shape index (κ3) is 21.2. The molecule has 0 atom stereocenters. The van der Waals surface area contributed by atoms with Gasteiger partial charge in [0.05, 0.1) is 32.3 Å². The Hall–Kier alpha value is -5.65. The summed E-state index contributed by atoms with van der Waals surface area (Å²) in [5.74, 6) is 4.16. The van der Waals surface area contributed by atoms with Crippen molar-refractivity contribution in [3.8, 4) is 45.0 Å². The highest BCUT2D eigenvalue weighted by atomic mass is 28.3. The van der Waals surface area contributed by atoms with Crippen LogP contribution < -0.4 is 39.0 Å². The van der Waals surface area contributed by atoms with Crippen LogP contribution in [0.2, 0.25) is 78.6 Å². The van der Waals surface area contributed by atoms with Crippen LogP contribution in [0, 0.1) is 40.5 Å². The number of hydrogen-bond donors (Lipinski definition) is 0. The molecule has 97 heavy (non-hydrogen) atoms. The maximum Gasteiger partial charge on any atom is 0.212 e. The summed E-state index contributed by atoms with van der Waals surface area (Å²) in [7, 11) is 3.37. The Bertz CT molecular complexity index is 3980. The molecule has 0 bridgehead atoms. The van der Waals surface area contributed by atoms with Crippen LogP contribution in [0.25, 0.3) is 45.0 Å². The van der Waals surface area contributed by atoms with Gasteiger partial charge in [-0.2, -0.15) is 0 Å². The van der Waals surface area contributed by atoms with Crippen molar-refractivity contribution < 1.29 is 18.3 Å². The molecule has 0 fully saturated rings. The molecule has 0 amide bonds. The summed E-state index contributed by atoms with van der Waals surface area (Å²) in [5, 5.41) is 6.34. The Labute approximate surface area is 600 Å². The van der Waals surface area contributed by atoms with Crippen molar-refractivity contribution in [3.05, 3.63) is 189 Å². The van der Waals surface area contributed by atoms with Crippen LogP contribution in [0.1, 0.15) is 212 Å². The third-order valence-corrected chi connectivity index (χ3v) is 28.1. The van der Waals surface area contributed by atoms with E-state index in [1.807, 2.05) is 0 Å². The van der Waals surface area contributed by atoms with Gasteiger partial charge in [-0.15, -0.1) is 0 Å². The molecule has 0 aliphatic rings. The Morgan fingerprint density at radius 1 is 0.309 bits per heavy atom. The molecule has 4 aromatic heterocycles. The van der Waals surface area contributed by atoms with Crippen LogP contribution in [-0.2, 0) is 34.6 Å². The zero-order valence-corrected chi connectivity index (χ0v) is 72.5. The molecule has 0 spiro atoms. The zero-order valence-electron chi connectivity index (χ0n) is 68.5. The molecule has 0 saturated heterocycles. The lowest BCUT2D eigenvalue weighted by atomic mass is 9.90. The minimum Gasteiger partial charge on any atom is -0.201 e. The number of hydrogen-bond acceptors (Lipinski definition) is 0. The minimum atomic E-state index is -1.37. The summed E-state index contributed by atoms with van der Waals surface area (Å²) in [4.78, 5) is 0.